The highest BCUT2D eigenvalue weighted by Gasteiger charge is 2.18. The lowest BCUT2D eigenvalue weighted by atomic mass is 10.4. The molecule has 20 heavy (non-hydrogen) atoms. The lowest BCUT2D eigenvalue weighted by molar-refractivity contribution is 0.271. The molecule has 0 atom stereocenters. The summed E-state index contributed by atoms with van der Waals surface area (Å²) in [5, 5.41) is 16.7. The van der Waals surface area contributed by atoms with Crippen LogP contribution in [0.4, 0.5) is 0 Å². The van der Waals surface area contributed by atoms with Crippen molar-refractivity contribution in [2.24, 2.45) is 7.05 Å². The van der Waals surface area contributed by atoms with Crippen LogP contribution in [0.1, 0.15) is 18.4 Å². The zero-order valence-corrected chi connectivity index (χ0v) is 12.1. The van der Waals surface area contributed by atoms with E-state index in [1.807, 2.05) is 6.92 Å². The number of nitrogens with zero attached hydrogens (tertiary/aromatic N) is 4. The number of aliphatic hydroxyl groups is 1. The van der Waals surface area contributed by atoms with Crippen molar-refractivity contribution in [1.82, 2.24) is 24.1 Å². The van der Waals surface area contributed by atoms with Crippen molar-refractivity contribution in [1.29, 1.82) is 0 Å². The van der Waals surface area contributed by atoms with Crippen LogP contribution in [0.25, 0.3) is 0 Å². The van der Waals surface area contributed by atoms with Crippen molar-refractivity contribution in [3.8, 4) is 0 Å². The summed E-state index contributed by atoms with van der Waals surface area (Å²) in [7, 11) is -1.90. The number of hydrogen-bond acceptors (Lipinski definition) is 5. The summed E-state index contributed by atoms with van der Waals surface area (Å²) in [4.78, 5) is 0.130. The van der Waals surface area contributed by atoms with Gasteiger partial charge in [0.05, 0.1) is 18.0 Å². The normalized spacial score (nSPS) is 11.9. The summed E-state index contributed by atoms with van der Waals surface area (Å²) in [6.07, 6.45) is 3.01. The van der Waals surface area contributed by atoms with Gasteiger partial charge in [-0.25, -0.2) is 13.1 Å². The van der Waals surface area contributed by atoms with E-state index in [0.717, 1.165) is 0 Å². The molecule has 0 aliphatic carbocycles. The van der Waals surface area contributed by atoms with E-state index in [0.29, 0.717) is 18.1 Å². The first-order chi connectivity index (χ1) is 9.47. The monoisotopic (exact) mass is 299 g/mol. The van der Waals surface area contributed by atoms with Gasteiger partial charge in [-0.05, 0) is 13.0 Å². The molecule has 0 spiro atoms. The van der Waals surface area contributed by atoms with Crippen molar-refractivity contribution < 1.29 is 13.5 Å². The smallest absolute Gasteiger partial charge is 0.242 e. The Balaban J connectivity index is 2.18. The standard InChI is InChI=1S/C11H17N5O3S/c1-3-16-6-10(4-9(16)7-17)20(18,19)13-5-11-14-12-8-15(11)2/h4,6,8,13,17H,3,5,7H2,1-2H3. The van der Waals surface area contributed by atoms with Crippen LogP contribution in [0, 0.1) is 0 Å². The van der Waals surface area contributed by atoms with Gasteiger partial charge < -0.3 is 14.2 Å². The number of rotatable bonds is 6. The van der Waals surface area contributed by atoms with E-state index < -0.39 is 10.0 Å². The number of aromatic nitrogens is 4. The molecular formula is C11H17N5O3S. The van der Waals surface area contributed by atoms with Crippen molar-refractivity contribution in [3.63, 3.8) is 0 Å². The first kappa shape index (κ1) is 14.7. The third kappa shape index (κ3) is 2.89. The Hall–Kier alpha value is -1.71. The van der Waals surface area contributed by atoms with Crippen LogP contribution in [-0.4, -0.2) is 32.9 Å². The fourth-order valence-corrected chi connectivity index (χ4v) is 2.85. The van der Waals surface area contributed by atoms with Gasteiger partial charge in [-0.15, -0.1) is 10.2 Å². The number of nitrogens with one attached hydrogen (secondary N) is 1. The van der Waals surface area contributed by atoms with Crippen molar-refractivity contribution in [2.75, 3.05) is 0 Å². The van der Waals surface area contributed by atoms with Crippen LogP contribution in [0.5, 0.6) is 0 Å². The van der Waals surface area contributed by atoms with E-state index in [4.69, 9.17) is 0 Å². The molecule has 110 valence electrons. The molecule has 2 heterocycles. The molecule has 0 fully saturated rings. The maximum atomic E-state index is 12.2. The molecule has 0 radical (unpaired) electrons. The maximum absolute atomic E-state index is 12.2. The van der Waals surface area contributed by atoms with E-state index in [1.54, 1.807) is 16.2 Å². The van der Waals surface area contributed by atoms with E-state index in [-0.39, 0.29) is 18.0 Å². The van der Waals surface area contributed by atoms with Crippen LogP contribution < -0.4 is 4.72 Å². The molecule has 2 aromatic rings. The summed E-state index contributed by atoms with van der Waals surface area (Å²) in [5.74, 6) is 0.519. The number of sulfonamides is 1. The second-order valence-corrected chi connectivity index (χ2v) is 6.06. The van der Waals surface area contributed by atoms with Gasteiger partial charge in [0.2, 0.25) is 10.0 Å². The molecule has 0 saturated carbocycles. The molecule has 0 aliphatic heterocycles. The summed E-state index contributed by atoms with van der Waals surface area (Å²) in [6.45, 7) is 2.33. The molecule has 0 bridgehead atoms. The molecule has 2 rings (SSSR count). The Morgan fingerprint density at radius 2 is 2.20 bits per heavy atom. The Bertz CT molecular complexity index is 667. The average molecular weight is 299 g/mol. The van der Waals surface area contributed by atoms with Gasteiger partial charge in [-0.3, -0.25) is 0 Å². The molecular weight excluding hydrogens is 282 g/mol. The van der Waals surface area contributed by atoms with Crippen LogP contribution in [0.15, 0.2) is 23.5 Å². The fraction of sp³-hybridized carbons (Fsp3) is 0.455. The molecule has 0 saturated heterocycles. The zero-order chi connectivity index (χ0) is 14.8. The minimum absolute atomic E-state index is 0.0601. The van der Waals surface area contributed by atoms with Gasteiger partial charge in [-0.1, -0.05) is 0 Å². The average Bonchev–Trinajstić information content (AvgIpc) is 3.02. The lowest BCUT2D eigenvalue weighted by Crippen LogP contribution is -2.24. The Kier molecular flexibility index (Phi) is 4.21. The molecule has 9 heteroatoms. The fourth-order valence-electron chi connectivity index (χ4n) is 1.81. The van der Waals surface area contributed by atoms with E-state index >= 15 is 0 Å². The maximum Gasteiger partial charge on any atom is 0.242 e. The molecule has 0 amide bonds. The number of aliphatic hydroxyl groups excluding tert-OH is 1. The first-order valence-corrected chi connectivity index (χ1v) is 7.58. The molecule has 0 aliphatic rings. The molecule has 2 aromatic heterocycles. The quantitative estimate of drug-likeness (QED) is 0.756. The molecule has 0 unspecified atom stereocenters. The summed E-state index contributed by atoms with van der Waals surface area (Å²) in [6, 6.07) is 1.46. The Labute approximate surface area is 117 Å². The Morgan fingerprint density at radius 1 is 1.45 bits per heavy atom. The molecule has 8 nitrogen and oxygen atoms in total. The lowest BCUT2D eigenvalue weighted by Gasteiger charge is -2.04. The summed E-state index contributed by atoms with van der Waals surface area (Å²) >= 11 is 0. The highest BCUT2D eigenvalue weighted by atomic mass is 32.2. The SMILES string of the molecule is CCn1cc(S(=O)(=O)NCc2nncn2C)cc1CO. The minimum Gasteiger partial charge on any atom is -0.390 e. The summed E-state index contributed by atoms with van der Waals surface area (Å²) < 4.78 is 30.1. The minimum atomic E-state index is -3.64. The number of aryl methyl sites for hydroxylation is 2. The van der Waals surface area contributed by atoms with Crippen LogP contribution in [0.2, 0.25) is 0 Å². The van der Waals surface area contributed by atoms with Crippen molar-refractivity contribution in [3.05, 3.63) is 30.1 Å². The van der Waals surface area contributed by atoms with Gasteiger partial charge in [0.25, 0.3) is 0 Å². The topological polar surface area (TPSA) is 102 Å². The van der Waals surface area contributed by atoms with Crippen LogP contribution in [-0.2, 0) is 36.8 Å². The zero-order valence-electron chi connectivity index (χ0n) is 11.3. The van der Waals surface area contributed by atoms with Crippen LogP contribution >= 0.6 is 0 Å². The van der Waals surface area contributed by atoms with Gasteiger partial charge in [0, 0.05) is 25.5 Å². The van der Waals surface area contributed by atoms with E-state index in [9.17, 15) is 13.5 Å². The first-order valence-electron chi connectivity index (χ1n) is 6.10. The Morgan fingerprint density at radius 3 is 2.70 bits per heavy atom. The third-order valence-corrected chi connectivity index (χ3v) is 4.37. The second kappa shape index (κ2) is 5.73. The molecule has 0 aromatic carbocycles. The van der Waals surface area contributed by atoms with Crippen molar-refractivity contribution >= 4 is 10.0 Å². The van der Waals surface area contributed by atoms with Crippen molar-refractivity contribution in [2.45, 2.75) is 31.5 Å². The van der Waals surface area contributed by atoms with Gasteiger partial charge in [-0.2, -0.15) is 0 Å². The predicted molar refractivity (Wildman–Crippen MR) is 71.1 cm³/mol. The third-order valence-electron chi connectivity index (χ3n) is 3.00. The highest BCUT2D eigenvalue weighted by molar-refractivity contribution is 7.89. The number of hydrogen-bond donors (Lipinski definition) is 2. The van der Waals surface area contributed by atoms with Gasteiger partial charge >= 0.3 is 0 Å². The largest absolute Gasteiger partial charge is 0.390 e. The predicted octanol–water partition coefficient (Wildman–Crippen LogP) is -0.393. The van der Waals surface area contributed by atoms with Crippen LogP contribution in [0.3, 0.4) is 0 Å². The summed E-state index contributed by atoms with van der Waals surface area (Å²) in [5.41, 5.74) is 0.562. The van der Waals surface area contributed by atoms with Gasteiger partial charge in [0.1, 0.15) is 12.2 Å². The highest BCUT2D eigenvalue weighted by Crippen LogP contribution is 2.14. The second-order valence-electron chi connectivity index (χ2n) is 4.29. The van der Waals surface area contributed by atoms with E-state index in [1.165, 1.54) is 18.6 Å². The van der Waals surface area contributed by atoms with E-state index in [2.05, 4.69) is 14.9 Å². The molecule has 2 N–H and O–H groups in total. The van der Waals surface area contributed by atoms with Gasteiger partial charge in [0.15, 0.2) is 0 Å².